The second-order valence-electron chi connectivity index (χ2n) is 7.10. The molecule has 0 saturated carbocycles. The fraction of sp³-hybridized carbons (Fsp3) is 0.208. The molecule has 0 amide bonds. The van der Waals surface area contributed by atoms with Gasteiger partial charge in [-0.1, -0.05) is 41.9 Å². The lowest BCUT2D eigenvalue weighted by Gasteiger charge is -2.17. The van der Waals surface area contributed by atoms with Crippen LogP contribution in [0.15, 0.2) is 72.8 Å². The van der Waals surface area contributed by atoms with Gasteiger partial charge in [0.05, 0.1) is 17.6 Å². The van der Waals surface area contributed by atoms with Crippen LogP contribution in [0.2, 0.25) is 5.02 Å². The van der Waals surface area contributed by atoms with E-state index in [-0.39, 0.29) is 19.0 Å². The average molecular weight is 459 g/mol. The molecule has 0 bridgehead atoms. The molecule has 1 atom stereocenters. The van der Waals surface area contributed by atoms with Crippen LogP contribution < -0.4 is 9.47 Å². The second kappa shape index (κ2) is 10.5. The predicted octanol–water partition coefficient (Wildman–Crippen LogP) is 5.44. The van der Waals surface area contributed by atoms with Crippen molar-refractivity contribution in [1.82, 2.24) is 9.55 Å². The molecule has 0 spiro atoms. The fourth-order valence-corrected chi connectivity index (χ4v) is 3.55. The van der Waals surface area contributed by atoms with Gasteiger partial charge in [-0.05, 0) is 55.0 Å². The van der Waals surface area contributed by atoms with Crippen molar-refractivity contribution < 1.29 is 14.6 Å². The van der Waals surface area contributed by atoms with Gasteiger partial charge >= 0.3 is 0 Å². The molecule has 0 aliphatic heterocycles. The molecule has 3 aromatic carbocycles. The van der Waals surface area contributed by atoms with Crippen LogP contribution in [0.1, 0.15) is 11.4 Å². The fourth-order valence-electron chi connectivity index (χ4n) is 3.33. The summed E-state index contributed by atoms with van der Waals surface area (Å²) in [6, 6.07) is 22.9. The van der Waals surface area contributed by atoms with Gasteiger partial charge in [0.1, 0.15) is 36.6 Å². The molecule has 0 saturated heterocycles. The van der Waals surface area contributed by atoms with Crippen LogP contribution in [-0.2, 0) is 13.2 Å². The van der Waals surface area contributed by atoms with Gasteiger partial charge < -0.3 is 19.1 Å². The highest BCUT2D eigenvalue weighted by Gasteiger charge is 2.16. The molecule has 1 aromatic heterocycles. The van der Waals surface area contributed by atoms with Gasteiger partial charge in [-0.15, -0.1) is 12.4 Å². The number of aliphatic hydroxyl groups excluding tert-OH is 1. The summed E-state index contributed by atoms with van der Waals surface area (Å²) in [5, 5.41) is 11.3. The largest absolute Gasteiger partial charge is 0.491 e. The van der Waals surface area contributed by atoms with E-state index < -0.39 is 6.10 Å². The maximum atomic E-state index is 10.7. The number of halogens is 2. The summed E-state index contributed by atoms with van der Waals surface area (Å²) in [5.41, 5.74) is 2.75. The van der Waals surface area contributed by atoms with E-state index in [9.17, 15) is 5.11 Å². The SMILES string of the molecule is Cc1cc(Cl)ccc1OCC(O)Cn1c(COc2ccccc2)nc2ccccc21.Cl. The summed E-state index contributed by atoms with van der Waals surface area (Å²) in [7, 11) is 0. The summed E-state index contributed by atoms with van der Waals surface area (Å²) in [4.78, 5) is 4.69. The summed E-state index contributed by atoms with van der Waals surface area (Å²) >= 11 is 5.99. The van der Waals surface area contributed by atoms with Gasteiger partial charge in [-0.25, -0.2) is 4.98 Å². The highest BCUT2D eigenvalue weighted by molar-refractivity contribution is 6.30. The van der Waals surface area contributed by atoms with E-state index in [1.807, 2.05) is 78.2 Å². The molecule has 4 aromatic rings. The number of hydrogen-bond acceptors (Lipinski definition) is 4. The molecular formula is C24H24Cl2N2O3. The summed E-state index contributed by atoms with van der Waals surface area (Å²) in [5.74, 6) is 2.24. The number of rotatable bonds is 8. The van der Waals surface area contributed by atoms with Crippen molar-refractivity contribution in [2.24, 2.45) is 0 Å². The first-order valence-electron chi connectivity index (χ1n) is 9.79. The van der Waals surface area contributed by atoms with Crippen LogP contribution in [-0.4, -0.2) is 27.4 Å². The number of aryl methyl sites for hydroxylation is 1. The monoisotopic (exact) mass is 458 g/mol. The number of nitrogens with zero attached hydrogens (tertiary/aromatic N) is 2. The van der Waals surface area contributed by atoms with Gasteiger partial charge in [-0.3, -0.25) is 0 Å². The molecule has 0 fully saturated rings. The Bertz CT molecular complexity index is 1130. The molecule has 5 nitrogen and oxygen atoms in total. The van der Waals surface area contributed by atoms with Crippen molar-refractivity contribution in [3.63, 3.8) is 0 Å². The smallest absolute Gasteiger partial charge is 0.148 e. The van der Waals surface area contributed by atoms with E-state index in [1.165, 1.54) is 0 Å². The summed E-state index contributed by atoms with van der Waals surface area (Å²) in [6.45, 7) is 2.74. The molecule has 4 rings (SSSR count). The lowest BCUT2D eigenvalue weighted by atomic mass is 10.2. The zero-order valence-corrected chi connectivity index (χ0v) is 18.6. The van der Waals surface area contributed by atoms with Crippen molar-refractivity contribution in [3.8, 4) is 11.5 Å². The maximum absolute atomic E-state index is 10.7. The van der Waals surface area contributed by atoms with Crippen LogP contribution in [0.3, 0.4) is 0 Å². The quantitative estimate of drug-likeness (QED) is 0.381. The minimum Gasteiger partial charge on any atom is -0.491 e. The van der Waals surface area contributed by atoms with Crippen molar-refractivity contribution in [2.45, 2.75) is 26.2 Å². The van der Waals surface area contributed by atoms with Crippen molar-refractivity contribution in [3.05, 3.63) is 89.2 Å². The standard InChI is InChI=1S/C24H23ClN2O3.ClH/c1-17-13-18(25)11-12-23(17)30-15-19(28)14-27-22-10-6-5-9-21(22)26-24(27)16-29-20-7-3-2-4-8-20;/h2-13,19,28H,14-16H2,1H3;1H. The third-order valence-electron chi connectivity index (χ3n) is 4.81. The van der Waals surface area contributed by atoms with E-state index in [1.54, 1.807) is 6.07 Å². The minimum atomic E-state index is -0.715. The molecule has 7 heteroatoms. The summed E-state index contributed by atoms with van der Waals surface area (Å²) < 4.78 is 13.7. The number of para-hydroxylation sites is 3. The van der Waals surface area contributed by atoms with Crippen LogP contribution in [0.4, 0.5) is 0 Å². The Morgan fingerprint density at radius 3 is 2.52 bits per heavy atom. The van der Waals surface area contributed by atoms with Gasteiger partial charge in [0, 0.05) is 5.02 Å². The van der Waals surface area contributed by atoms with E-state index in [0.717, 1.165) is 28.2 Å². The van der Waals surface area contributed by atoms with E-state index in [2.05, 4.69) is 0 Å². The molecule has 0 aliphatic carbocycles. The second-order valence-corrected chi connectivity index (χ2v) is 7.54. The molecule has 162 valence electrons. The Labute approximate surface area is 192 Å². The lowest BCUT2D eigenvalue weighted by molar-refractivity contribution is 0.0914. The van der Waals surface area contributed by atoms with E-state index in [0.29, 0.717) is 23.9 Å². The van der Waals surface area contributed by atoms with Crippen LogP contribution in [0, 0.1) is 6.92 Å². The van der Waals surface area contributed by atoms with Crippen molar-refractivity contribution >= 4 is 35.0 Å². The average Bonchev–Trinajstić information content (AvgIpc) is 3.10. The Kier molecular flexibility index (Phi) is 7.80. The van der Waals surface area contributed by atoms with Crippen LogP contribution >= 0.6 is 24.0 Å². The minimum absolute atomic E-state index is 0. The normalized spacial score (nSPS) is 11.7. The molecule has 0 radical (unpaired) electrons. The van der Waals surface area contributed by atoms with Crippen LogP contribution in [0.5, 0.6) is 11.5 Å². The number of hydrogen-bond donors (Lipinski definition) is 1. The highest BCUT2D eigenvalue weighted by atomic mass is 35.5. The van der Waals surface area contributed by atoms with Crippen LogP contribution in [0.25, 0.3) is 11.0 Å². The lowest BCUT2D eigenvalue weighted by Crippen LogP contribution is -2.25. The van der Waals surface area contributed by atoms with Gasteiger partial charge in [0.2, 0.25) is 0 Å². The molecule has 31 heavy (non-hydrogen) atoms. The van der Waals surface area contributed by atoms with Gasteiger partial charge in [0.15, 0.2) is 0 Å². The van der Waals surface area contributed by atoms with E-state index >= 15 is 0 Å². The Morgan fingerprint density at radius 1 is 1.00 bits per heavy atom. The first-order valence-corrected chi connectivity index (χ1v) is 10.2. The summed E-state index contributed by atoms with van der Waals surface area (Å²) in [6.07, 6.45) is -0.715. The van der Waals surface area contributed by atoms with Crippen molar-refractivity contribution in [1.29, 1.82) is 0 Å². The number of imidazole rings is 1. The first kappa shape index (κ1) is 22.9. The zero-order valence-electron chi connectivity index (χ0n) is 17.1. The predicted molar refractivity (Wildman–Crippen MR) is 125 cm³/mol. The van der Waals surface area contributed by atoms with Gasteiger partial charge in [0.25, 0.3) is 0 Å². The van der Waals surface area contributed by atoms with E-state index in [4.69, 9.17) is 26.1 Å². The number of fused-ring (bicyclic) bond motifs is 1. The Balaban J connectivity index is 0.00000272. The van der Waals surface area contributed by atoms with Gasteiger partial charge in [-0.2, -0.15) is 0 Å². The number of ether oxygens (including phenoxy) is 2. The maximum Gasteiger partial charge on any atom is 0.148 e. The molecular weight excluding hydrogens is 435 g/mol. The topological polar surface area (TPSA) is 56.5 Å². The number of benzene rings is 3. The molecule has 0 aliphatic rings. The molecule has 1 N–H and O–H groups in total. The Hall–Kier alpha value is -2.73. The first-order chi connectivity index (χ1) is 14.6. The molecule has 1 unspecified atom stereocenters. The third kappa shape index (κ3) is 5.70. The number of aliphatic hydroxyl groups is 1. The zero-order chi connectivity index (χ0) is 20.9. The van der Waals surface area contributed by atoms with Crippen molar-refractivity contribution in [2.75, 3.05) is 6.61 Å². The Morgan fingerprint density at radius 2 is 1.74 bits per heavy atom. The number of aromatic nitrogens is 2. The highest BCUT2D eigenvalue weighted by Crippen LogP contribution is 2.23. The molecule has 1 heterocycles. The third-order valence-corrected chi connectivity index (χ3v) is 5.04.